The third-order valence-corrected chi connectivity index (χ3v) is 0.803. The van der Waals surface area contributed by atoms with Crippen molar-refractivity contribution in [1.82, 2.24) is 0 Å². The molecule has 0 amide bonds. The summed E-state index contributed by atoms with van der Waals surface area (Å²) in [6.07, 6.45) is 0.347. The maximum Gasteiger partial charge on any atom is 0.513 e. The zero-order chi connectivity index (χ0) is 8.91. The van der Waals surface area contributed by atoms with Crippen LogP contribution in [0.2, 0.25) is 0 Å². The van der Waals surface area contributed by atoms with Crippen molar-refractivity contribution >= 4 is 6.16 Å². The van der Waals surface area contributed by atoms with Gasteiger partial charge in [0, 0.05) is 0 Å². The molecular formula is C8H14O3. The first-order chi connectivity index (χ1) is 4.95. The van der Waals surface area contributed by atoms with Crippen LogP contribution in [0.1, 0.15) is 20.8 Å². The van der Waals surface area contributed by atoms with Gasteiger partial charge in [0.2, 0.25) is 0 Å². The first kappa shape index (κ1) is 10.0. The highest BCUT2D eigenvalue weighted by Gasteiger charge is 2.13. The lowest BCUT2D eigenvalue weighted by Crippen LogP contribution is -2.17. The second-order valence-electron chi connectivity index (χ2n) is 3.38. The maximum atomic E-state index is 10.6. The summed E-state index contributed by atoms with van der Waals surface area (Å²) in [7, 11) is 0. The third kappa shape index (κ3) is 6.90. The summed E-state index contributed by atoms with van der Waals surface area (Å²) in [6.45, 7) is 9.47. The molecule has 11 heavy (non-hydrogen) atoms. The highest BCUT2D eigenvalue weighted by Crippen LogP contribution is 2.12. The van der Waals surface area contributed by atoms with Crippen molar-refractivity contribution in [3.8, 4) is 0 Å². The largest absolute Gasteiger partial charge is 0.513 e. The molecule has 0 N–H and O–H groups in total. The predicted octanol–water partition coefficient (Wildman–Crippen LogP) is 2.33. The van der Waals surface area contributed by atoms with Gasteiger partial charge in [0.15, 0.2) is 0 Å². The van der Waals surface area contributed by atoms with Gasteiger partial charge in [-0.3, -0.25) is 0 Å². The summed E-state index contributed by atoms with van der Waals surface area (Å²) in [6, 6.07) is 0. The zero-order valence-electron chi connectivity index (χ0n) is 7.22. The van der Waals surface area contributed by atoms with Crippen molar-refractivity contribution in [2.24, 2.45) is 5.41 Å². The Morgan fingerprint density at radius 1 is 1.55 bits per heavy atom. The molecule has 3 heteroatoms. The van der Waals surface area contributed by atoms with E-state index < -0.39 is 6.16 Å². The lowest BCUT2D eigenvalue weighted by Gasteiger charge is -2.16. The van der Waals surface area contributed by atoms with Gasteiger partial charge in [-0.15, -0.1) is 0 Å². The van der Waals surface area contributed by atoms with Gasteiger partial charge >= 0.3 is 6.16 Å². The molecule has 0 aliphatic heterocycles. The van der Waals surface area contributed by atoms with Crippen molar-refractivity contribution in [2.75, 3.05) is 6.61 Å². The van der Waals surface area contributed by atoms with Crippen LogP contribution in [0.4, 0.5) is 4.79 Å². The number of carbonyl (C=O) groups excluding carboxylic acids is 1. The Kier molecular flexibility index (Phi) is 3.65. The lowest BCUT2D eigenvalue weighted by atomic mass is 9.99. The number of hydrogen-bond donors (Lipinski definition) is 0. The van der Waals surface area contributed by atoms with Crippen LogP contribution in [0, 0.1) is 5.41 Å². The van der Waals surface area contributed by atoms with E-state index in [4.69, 9.17) is 4.74 Å². The molecule has 0 rings (SSSR count). The van der Waals surface area contributed by atoms with E-state index in [0.29, 0.717) is 6.61 Å². The quantitative estimate of drug-likeness (QED) is 0.457. The summed E-state index contributed by atoms with van der Waals surface area (Å²) < 4.78 is 9.05. The van der Waals surface area contributed by atoms with E-state index in [1.54, 1.807) is 0 Å². The molecule has 0 saturated heterocycles. The molecule has 0 aromatic heterocycles. The molecule has 64 valence electrons. The maximum absolute atomic E-state index is 10.6. The molecule has 0 aromatic carbocycles. The topological polar surface area (TPSA) is 35.5 Å². The molecule has 0 radical (unpaired) electrons. The van der Waals surface area contributed by atoms with Gasteiger partial charge in [-0.2, -0.15) is 0 Å². The highest BCUT2D eigenvalue weighted by molar-refractivity contribution is 5.60. The average Bonchev–Trinajstić information content (AvgIpc) is 1.83. The summed E-state index contributed by atoms with van der Waals surface area (Å²) in [5.74, 6) is 0. The normalized spacial score (nSPS) is 10.5. The average molecular weight is 158 g/mol. The minimum absolute atomic E-state index is 0.0276. The molecule has 0 aliphatic rings. The Morgan fingerprint density at radius 2 is 2.09 bits per heavy atom. The van der Waals surface area contributed by atoms with E-state index in [1.165, 1.54) is 0 Å². The number of rotatable bonds is 2. The fourth-order valence-electron chi connectivity index (χ4n) is 0.377. The fraction of sp³-hybridized carbons (Fsp3) is 0.625. The van der Waals surface area contributed by atoms with Crippen molar-refractivity contribution in [2.45, 2.75) is 20.8 Å². The number of hydrogen-bond acceptors (Lipinski definition) is 3. The van der Waals surface area contributed by atoms with Crippen LogP contribution < -0.4 is 0 Å². The highest BCUT2D eigenvalue weighted by atomic mass is 16.7. The summed E-state index contributed by atoms with van der Waals surface area (Å²) >= 11 is 0. The van der Waals surface area contributed by atoms with Crippen LogP contribution in [0.3, 0.4) is 0 Å². The van der Waals surface area contributed by atoms with Crippen molar-refractivity contribution < 1.29 is 14.3 Å². The van der Waals surface area contributed by atoms with Gasteiger partial charge in [0.1, 0.15) is 0 Å². The minimum atomic E-state index is -0.699. The number of ether oxygens (including phenoxy) is 2. The van der Waals surface area contributed by atoms with Gasteiger partial charge in [-0.05, 0) is 5.41 Å². The molecule has 0 atom stereocenters. The van der Waals surface area contributed by atoms with Crippen LogP contribution in [-0.2, 0) is 9.47 Å². The first-order valence-corrected chi connectivity index (χ1v) is 3.40. The molecule has 0 fully saturated rings. The number of carbonyl (C=O) groups is 1. The Hall–Kier alpha value is -0.990. The Bertz CT molecular complexity index is 144. The lowest BCUT2D eigenvalue weighted by molar-refractivity contribution is 0.0570. The van der Waals surface area contributed by atoms with E-state index >= 15 is 0 Å². The standard InChI is InChI=1S/C8H14O3/c1-5-10-7(9)11-6-8(2,3)4/h5H,1,6H2,2-4H3. The third-order valence-electron chi connectivity index (χ3n) is 0.803. The van der Waals surface area contributed by atoms with E-state index in [0.717, 1.165) is 6.26 Å². The van der Waals surface area contributed by atoms with Crippen LogP contribution >= 0.6 is 0 Å². The molecule has 0 bridgehead atoms. The monoisotopic (exact) mass is 158 g/mol. The Labute approximate surface area is 67.0 Å². The fourth-order valence-corrected chi connectivity index (χ4v) is 0.377. The summed E-state index contributed by atoms with van der Waals surface area (Å²) in [4.78, 5) is 10.6. The summed E-state index contributed by atoms with van der Waals surface area (Å²) in [5.41, 5.74) is -0.0276. The molecule has 0 spiro atoms. The zero-order valence-corrected chi connectivity index (χ0v) is 7.22. The SMILES string of the molecule is C=COC(=O)OCC(C)(C)C. The molecule has 0 heterocycles. The van der Waals surface area contributed by atoms with E-state index in [1.807, 2.05) is 20.8 Å². The van der Waals surface area contributed by atoms with Crippen LogP contribution in [0.15, 0.2) is 12.8 Å². The summed E-state index contributed by atoms with van der Waals surface area (Å²) in [5, 5.41) is 0. The molecule has 3 nitrogen and oxygen atoms in total. The minimum Gasteiger partial charge on any atom is -0.433 e. The van der Waals surface area contributed by atoms with Crippen LogP contribution in [0.25, 0.3) is 0 Å². The van der Waals surface area contributed by atoms with Crippen molar-refractivity contribution in [3.63, 3.8) is 0 Å². The predicted molar refractivity (Wildman–Crippen MR) is 42.1 cm³/mol. The second-order valence-corrected chi connectivity index (χ2v) is 3.38. The molecule has 0 aromatic rings. The second kappa shape index (κ2) is 4.01. The Morgan fingerprint density at radius 3 is 2.45 bits per heavy atom. The van der Waals surface area contributed by atoms with Crippen LogP contribution in [0.5, 0.6) is 0 Å². The smallest absolute Gasteiger partial charge is 0.433 e. The van der Waals surface area contributed by atoms with E-state index in [9.17, 15) is 4.79 Å². The first-order valence-electron chi connectivity index (χ1n) is 3.40. The van der Waals surface area contributed by atoms with Gasteiger partial charge in [-0.1, -0.05) is 27.4 Å². The van der Waals surface area contributed by atoms with Crippen LogP contribution in [-0.4, -0.2) is 12.8 Å². The van der Waals surface area contributed by atoms with Gasteiger partial charge in [0.05, 0.1) is 12.9 Å². The van der Waals surface area contributed by atoms with Crippen molar-refractivity contribution in [1.29, 1.82) is 0 Å². The Balaban J connectivity index is 3.54. The van der Waals surface area contributed by atoms with Gasteiger partial charge < -0.3 is 9.47 Å². The molecule has 0 unspecified atom stereocenters. The van der Waals surface area contributed by atoms with E-state index in [-0.39, 0.29) is 5.41 Å². The molecule has 0 saturated carbocycles. The van der Waals surface area contributed by atoms with Crippen molar-refractivity contribution in [3.05, 3.63) is 12.8 Å². The van der Waals surface area contributed by atoms with E-state index in [2.05, 4.69) is 11.3 Å². The van der Waals surface area contributed by atoms with Gasteiger partial charge in [0.25, 0.3) is 0 Å². The molecule has 0 aliphatic carbocycles. The van der Waals surface area contributed by atoms with Gasteiger partial charge in [-0.25, -0.2) is 4.79 Å². The molecular weight excluding hydrogens is 144 g/mol.